The van der Waals surface area contributed by atoms with Crippen LogP contribution in [-0.2, 0) is 4.79 Å². The first kappa shape index (κ1) is 19.0. The van der Waals surface area contributed by atoms with E-state index in [-0.39, 0.29) is 35.9 Å². The number of anilines is 1. The average Bonchev–Trinajstić information content (AvgIpc) is 2.39. The van der Waals surface area contributed by atoms with E-state index < -0.39 is 0 Å². The van der Waals surface area contributed by atoms with Crippen LogP contribution in [-0.4, -0.2) is 23.5 Å². The second kappa shape index (κ2) is 7.47. The molecule has 0 aromatic heterocycles. The van der Waals surface area contributed by atoms with Crippen LogP contribution in [0.15, 0.2) is 18.2 Å². The molecule has 1 aromatic carbocycles. The van der Waals surface area contributed by atoms with E-state index in [4.69, 9.17) is 10.5 Å². The van der Waals surface area contributed by atoms with E-state index in [1.54, 1.807) is 11.8 Å². The van der Waals surface area contributed by atoms with Gasteiger partial charge in [0.2, 0.25) is 5.91 Å². The molecule has 0 spiro atoms. The largest absolute Gasteiger partial charge is 0.487 e. The van der Waals surface area contributed by atoms with Crippen LogP contribution in [0.1, 0.15) is 38.8 Å². The molecule has 1 aliphatic rings. The number of nitrogens with one attached hydrogen (secondary N) is 1. The predicted octanol–water partition coefficient (Wildman–Crippen LogP) is 3.41. The van der Waals surface area contributed by atoms with Gasteiger partial charge >= 0.3 is 0 Å². The highest BCUT2D eigenvalue weighted by molar-refractivity contribution is 7.98. The summed E-state index contributed by atoms with van der Waals surface area (Å²) in [5.41, 5.74) is 7.24. The van der Waals surface area contributed by atoms with Crippen molar-refractivity contribution in [3.05, 3.63) is 23.8 Å². The normalized spacial score (nSPS) is 20.1. The van der Waals surface area contributed by atoms with Gasteiger partial charge in [0, 0.05) is 29.3 Å². The van der Waals surface area contributed by atoms with Crippen molar-refractivity contribution in [2.24, 2.45) is 5.92 Å². The number of fused-ring (bicyclic) bond motifs is 1. The summed E-state index contributed by atoms with van der Waals surface area (Å²) in [5, 5.41) is 3.15. The molecule has 0 bridgehead atoms. The van der Waals surface area contributed by atoms with Gasteiger partial charge in [-0.1, -0.05) is 6.92 Å². The third-order valence-electron chi connectivity index (χ3n) is 3.67. The minimum absolute atomic E-state index is 0. The Morgan fingerprint density at radius 2 is 2.23 bits per heavy atom. The van der Waals surface area contributed by atoms with Crippen molar-refractivity contribution in [3.63, 3.8) is 0 Å². The van der Waals surface area contributed by atoms with E-state index in [0.717, 1.165) is 23.5 Å². The molecule has 22 heavy (non-hydrogen) atoms. The van der Waals surface area contributed by atoms with Crippen molar-refractivity contribution in [3.8, 4) is 5.75 Å². The van der Waals surface area contributed by atoms with E-state index >= 15 is 0 Å². The standard InChI is InChI=1S/C16H24N2O2S.ClH/c1-10(9-21-4)15(19)18-13-8-16(2,3)20-14-6-5-11(17)7-12(13)14;/h5-7,10,13H,8-9,17H2,1-4H3,(H,18,19);1H. The number of rotatable bonds is 4. The zero-order valence-electron chi connectivity index (χ0n) is 13.5. The van der Waals surface area contributed by atoms with Gasteiger partial charge in [0.05, 0.1) is 6.04 Å². The molecular formula is C16H25ClN2O2S. The Hall–Kier alpha value is -1.07. The number of thioether (sulfide) groups is 1. The Morgan fingerprint density at radius 1 is 1.55 bits per heavy atom. The Kier molecular flexibility index (Phi) is 6.44. The number of ether oxygens (including phenoxy) is 1. The second-order valence-electron chi connectivity index (χ2n) is 6.28. The monoisotopic (exact) mass is 344 g/mol. The quantitative estimate of drug-likeness (QED) is 0.821. The van der Waals surface area contributed by atoms with Crippen molar-refractivity contribution < 1.29 is 9.53 Å². The van der Waals surface area contributed by atoms with Crippen LogP contribution < -0.4 is 15.8 Å². The smallest absolute Gasteiger partial charge is 0.224 e. The molecule has 2 rings (SSSR count). The van der Waals surface area contributed by atoms with Gasteiger partial charge in [-0.15, -0.1) is 12.4 Å². The van der Waals surface area contributed by atoms with E-state index in [1.807, 2.05) is 45.2 Å². The fourth-order valence-corrected chi connectivity index (χ4v) is 3.29. The third-order valence-corrected chi connectivity index (χ3v) is 4.51. The lowest BCUT2D eigenvalue weighted by Crippen LogP contribution is -2.42. The molecule has 0 radical (unpaired) electrons. The van der Waals surface area contributed by atoms with Gasteiger partial charge in [0.15, 0.2) is 0 Å². The molecule has 1 amide bonds. The topological polar surface area (TPSA) is 64.3 Å². The van der Waals surface area contributed by atoms with Crippen LogP contribution in [0, 0.1) is 5.92 Å². The van der Waals surface area contributed by atoms with Gasteiger partial charge in [0.25, 0.3) is 0 Å². The van der Waals surface area contributed by atoms with Crippen molar-refractivity contribution in [2.45, 2.75) is 38.8 Å². The molecule has 1 heterocycles. The number of hydrogen-bond acceptors (Lipinski definition) is 4. The van der Waals surface area contributed by atoms with E-state index in [2.05, 4.69) is 5.32 Å². The number of benzene rings is 1. The Bertz CT molecular complexity index is 537. The van der Waals surface area contributed by atoms with E-state index in [0.29, 0.717) is 5.69 Å². The average molecular weight is 345 g/mol. The Balaban J connectivity index is 0.00000242. The molecule has 2 atom stereocenters. The second-order valence-corrected chi connectivity index (χ2v) is 7.19. The number of nitrogens with two attached hydrogens (primary N) is 1. The van der Waals surface area contributed by atoms with Crippen LogP contribution in [0.4, 0.5) is 5.69 Å². The van der Waals surface area contributed by atoms with Gasteiger partial charge < -0.3 is 15.8 Å². The van der Waals surface area contributed by atoms with Crippen molar-refractivity contribution in [2.75, 3.05) is 17.7 Å². The first-order valence-electron chi connectivity index (χ1n) is 7.20. The summed E-state index contributed by atoms with van der Waals surface area (Å²) >= 11 is 1.68. The van der Waals surface area contributed by atoms with Gasteiger partial charge in [-0.2, -0.15) is 11.8 Å². The summed E-state index contributed by atoms with van der Waals surface area (Å²) in [4.78, 5) is 12.3. The number of nitrogen functional groups attached to an aromatic ring is 1. The van der Waals surface area contributed by atoms with Gasteiger partial charge in [-0.3, -0.25) is 4.79 Å². The Morgan fingerprint density at radius 3 is 2.86 bits per heavy atom. The molecular weight excluding hydrogens is 320 g/mol. The molecule has 4 nitrogen and oxygen atoms in total. The van der Waals surface area contributed by atoms with Crippen LogP contribution in [0.25, 0.3) is 0 Å². The summed E-state index contributed by atoms with van der Waals surface area (Å²) in [6.07, 6.45) is 2.75. The SMILES string of the molecule is CSCC(C)C(=O)NC1CC(C)(C)Oc2ccc(N)cc21.Cl. The molecule has 0 saturated heterocycles. The van der Waals surface area contributed by atoms with E-state index in [9.17, 15) is 4.79 Å². The van der Waals surface area contributed by atoms with E-state index in [1.165, 1.54) is 0 Å². The predicted molar refractivity (Wildman–Crippen MR) is 95.9 cm³/mol. The fourth-order valence-electron chi connectivity index (χ4n) is 2.64. The highest BCUT2D eigenvalue weighted by Crippen LogP contribution is 2.40. The van der Waals surface area contributed by atoms with Crippen LogP contribution in [0.2, 0.25) is 0 Å². The first-order chi connectivity index (χ1) is 9.82. The zero-order valence-corrected chi connectivity index (χ0v) is 15.1. The minimum atomic E-state index is -0.302. The van der Waals surface area contributed by atoms with Crippen LogP contribution >= 0.6 is 24.2 Å². The molecule has 124 valence electrons. The number of amides is 1. The van der Waals surface area contributed by atoms with Crippen LogP contribution in [0.5, 0.6) is 5.75 Å². The zero-order chi connectivity index (χ0) is 15.6. The van der Waals surface area contributed by atoms with Gasteiger partial charge in [-0.25, -0.2) is 0 Å². The van der Waals surface area contributed by atoms with Crippen LogP contribution in [0.3, 0.4) is 0 Å². The van der Waals surface area contributed by atoms with Crippen molar-refractivity contribution in [1.82, 2.24) is 5.32 Å². The number of halogens is 1. The lowest BCUT2D eigenvalue weighted by Gasteiger charge is -2.38. The molecule has 2 unspecified atom stereocenters. The molecule has 0 aliphatic carbocycles. The third kappa shape index (κ3) is 4.46. The summed E-state index contributed by atoms with van der Waals surface area (Å²) < 4.78 is 5.98. The molecule has 6 heteroatoms. The van der Waals surface area contributed by atoms with Gasteiger partial charge in [0.1, 0.15) is 11.4 Å². The minimum Gasteiger partial charge on any atom is -0.487 e. The fraction of sp³-hybridized carbons (Fsp3) is 0.562. The highest BCUT2D eigenvalue weighted by atomic mass is 35.5. The van der Waals surface area contributed by atoms with Gasteiger partial charge in [-0.05, 0) is 38.3 Å². The highest BCUT2D eigenvalue weighted by Gasteiger charge is 2.35. The Labute approximate surface area is 143 Å². The first-order valence-corrected chi connectivity index (χ1v) is 8.59. The molecule has 1 aliphatic heterocycles. The number of carbonyl (C=O) groups excluding carboxylic acids is 1. The van der Waals surface area contributed by atoms with Crippen molar-refractivity contribution >= 4 is 35.8 Å². The summed E-state index contributed by atoms with van der Waals surface area (Å²) in [7, 11) is 0. The molecule has 3 N–H and O–H groups in total. The number of hydrogen-bond donors (Lipinski definition) is 2. The molecule has 0 fully saturated rings. The maximum Gasteiger partial charge on any atom is 0.224 e. The summed E-state index contributed by atoms with van der Waals surface area (Å²) in [6, 6.07) is 5.56. The van der Waals surface area contributed by atoms with Crippen molar-refractivity contribution in [1.29, 1.82) is 0 Å². The molecule has 0 saturated carbocycles. The summed E-state index contributed by atoms with van der Waals surface area (Å²) in [5.74, 6) is 1.71. The lowest BCUT2D eigenvalue weighted by atomic mass is 9.89. The molecule has 1 aromatic rings. The summed E-state index contributed by atoms with van der Waals surface area (Å²) in [6.45, 7) is 6.03. The lowest BCUT2D eigenvalue weighted by molar-refractivity contribution is -0.125. The maximum absolute atomic E-state index is 12.3. The maximum atomic E-state index is 12.3. The number of carbonyl (C=O) groups is 1.